The molecule has 2 aromatic rings. The van der Waals surface area contributed by atoms with Crippen molar-refractivity contribution in [2.24, 2.45) is 0 Å². The minimum atomic E-state index is -0.737. The Balaban J connectivity index is 1.99. The van der Waals surface area contributed by atoms with Gasteiger partial charge in [-0.15, -0.1) is 0 Å². The number of carbonyl (C=O) groups is 2. The largest absolute Gasteiger partial charge is 0.318 e. The molecule has 1 aromatic carbocycles. The van der Waals surface area contributed by atoms with Crippen LogP contribution in [-0.2, 0) is 4.79 Å². The number of amides is 1. The topological polar surface area (TPSA) is 72.0 Å². The van der Waals surface area contributed by atoms with Gasteiger partial charge in [-0.25, -0.2) is 14.4 Å². The summed E-state index contributed by atoms with van der Waals surface area (Å²) >= 11 is 1.09. The quantitative estimate of drug-likeness (QED) is 0.669. The average molecular weight is 275 g/mol. The van der Waals surface area contributed by atoms with Crippen molar-refractivity contribution in [2.45, 2.75) is 9.92 Å². The Morgan fingerprint density at radius 1 is 1.26 bits per heavy atom. The van der Waals surface area contributed by atoms with Crippen LogP contribution in [0.3, 0.4) is 0 Å². The summed E-state index contributed by atoms with van der Waals surface area (Å²) in [5, 5.41) is 2.97. The van der Waals surface area contributed by atoms with E-state index >= 15 is 0 Å². The van der Waals surface area contributed by atoms with Crippen LogP contribution >= 0.6 is 11.8 Å². The van der Waals surface area contributed by atoms with E-state index in [0.717, 1.165) is 17.8 Å². The van der Waals surface area contributed by atoms with Gasteiger partial charge in [-0.05, 0) is 18.2 Å². The number of fused-ring (bicyclic) bond motifs is 1. The first-order valence-corrected chi connectivity index (χ1v) is 6.10. The van der Waals surface area contributed by atoms with E-state index in [1.165, 1.54) is 12.4 Å². The van der Waals surface area contributed by atoms with E-state index in [-0.39, 0.29) is 10.5 Å². The van der Waals surface area contributed by atoms with E-state index in [0.29, 0.717) is 10.7 Å². The molecule has 0 radical (unpaired) electrons. The van der Waals surface area contributed by atoms with Gasteiger partial charge in [0.2, 0.25) is 0 Å². The third kappa shape index (κ3) is 2.08. The molecule has 0 spiro atoms. The monoisotopic (exact) mass is 275 g/mol. The van der Waals surface area contributed by atoms with Crippen molar-refractivity contribution < 1.29 is 14.0 Å². The molecule has 3 rings (SSSR count). The van der Waals surface area contributed by atoms with Gasteiger partial charge < -0.3 is 5.32 Å². The molecule has 1 amide bonds. The van der Waals surface area contributed by atoms with Gasteiger partial charge >= 0.3 is 0 Å². The van der Waals surface area contributed by atoms with Crippen molar-refractivity contribution in [3.05, 3.63) is 42.1 Å². The third-order valence-electron chi connectivity index (χ3n) is 2.54. The molecule has 0 bridgehead atoms. The molecule has 0 aliphatic carbocycles. The smallest absolute Gasteiger partial charge is 0.296 e. The highest BCUT2D eigenvalue weighted by Gasteiger charge is 2.29. The highest BCUT2D eigenvalue weighted by atomic mass is 32.2. The lowest BCUT2D eigenvalue weighted by molar-refractivity contribution is -0.112. The van der Waals surface area contributed by atoms with Gasteiger partial charge in [0.1, 0.15) is 17.2 Å². The fourth-order valence-corrected chi connectivity index (χ4v) is 2.46. The van der Waals surface area contributed by atoms with Crippen molar-refractivity contribution in [1.29, 1.82) is 0 Å². The summed E-state index contributed by atoms with van der Waals surface area (Å²) < 4.78 is 13.9. The van der Waals surface area contributed by atoms with Gasteiger partial charge in [0, 0.05) is 6.20 Å². The number of anilines is 1. The Hall–Kier alpha value is -2.28. The predicted molar refractivity (Wildman–Crippen MR) is 65.5 cm³/mol. The van der Waals surface area contributed by atoms with E-state index in [4.69, 9.17) is 0 Å². The number of Topliss-reactive ketones (excluding diaryl/α,β-unsaturated/α-hetero) is 1. The second-order valence-corrected chi connectivity index (χ2v) is 4.82. The summed E-state index contributed by atoms with van der Waals surface area (Å²) in [6.45, 7) is 0. The zero-order valence-electron chi connectivity index (χ0n) is 9.38. The normalized spacial score (nSPS) is 13.3. The van der Waals surface area contributed by atoms with Crippen LogP contribution in [0.25, 0.3) is 0 Å². The van der Waals surface area contributed by atoms with E-state index in [2.05, 4.69) is 15.3 Å². The lowest BCUT2D eigenvalue weighted by Crippen LogP contribution is -2.12. The molecule has 0 saturated heterocycles. The molecule has 5 nitrogen and oxygen atoms in total. The summed E-state index contributed by atoms with van der Waals surface area (Å²) in [5.74, 6) is -2.02. The van der Waals surface area contributed by atoms with Crippen LogP contribution in [0.4, 0.5) is 10.1 Å². The van der Waals surface area contributed by atoms with Crippen molar-refractivity contribution in [3.8, 4) is 0 Å². The average Bonchev–Trinajstić information content (AvgIpc) is 2.67. The Kier molecular flexibility index (Phi) is 2.75. The fraction of sp³-hybridized carbons (Fsp3) is 0. The number of hydrogen-bond donors (Lipinski definition) is 1. The van der Waals surface area contributed by atoms with E-state index in [1.54, 1.807) is 12.3 Å². The molecule has 0 atom stereocenters. The first-order valence-electron chi connectivity index (χ1n) is 5.28. The molecule has 0 saturated carbocycles. The minimum absolute atomic E-state index is 0.0644. The molecule has 0 fully saturated rings. The van der Waals surface area contributed by atoms with Crippen molar-refractivity contribution >= 4 is 29.1 Å². The van der Waals surface area contributed by atoms with Crippen molar-refractivity contribution in [3.63, 3.8) is 0 Å². The maximum atomic E-state index is 13.9. The SMILES string of the molecule is O=C1Nc2cc(Sc3ccncn3)c(F)cc2C1=O. The number of nitrogens with one attached hydrogen (secondary N) is 1. The number of benzene rings is 1. The van der Waals surface area contributed by atoms with Gasteiger partial charge in [-0.3, -0.25) is 9.59 Å². The van der Waals surface area contributed by atoms with Gasteiger partial charge in [0.25, 0.3) is 11.7 Å². The molecule has 7 heteroatoms. The summed E-state index contributed by atoms with van der Waals surface area (Å²) in [6.07, 6.45) is 2.91. The van der Waals surface area contributed by atoms with Crippen LogP contribution in [0, 0.1) is 5.82 Å². The molecule has 1 aliphatic rings. The van der Waals surface area contributed by atoms with E-state index < -0.39 is 17.5 Å². The Bertz CT molecular complexity index is 691. The Labute approximate surface area is 111 Å². The molecule has 0 unspecified atom stereocenters. The first-order chi connectivity index (χ1) is 9.15. The number of hydrogen-bond acceptors (Lipinski definition) is 5. The van der Waals surface area contributed by atoms with Crippen LogP contribution in [0.15, 0.2) is 40.6 Å². The van der Waals surface area contributed by atoms with Crippen LogP contribution in [0.1, 0.15) is 10.4 Å². The number of halogens is 1. The summed E-state index contributed by atoms with van der Waals surface area (Å²) in [6, 6.07) is 4.14. The lowest BCUT2D eigenvalue weighted by atomic mass is 10.1. The maximum Gasteiger partial charge on any atom is 0.296 e. The maximum absolute atomic E-state index is 13.9. The molecule has 1 aromatic heterocycles. The Morgan fingerprint density at radius 2 is 2.11 bits per heavy atom. The molecular weight excluding hydrogens is 269 g/mol. The summed E-state index contributed by atoms with van der Waals surface area (Å²) in [5.41, 5.74) is 0.391. The van der Waals surface area contributed by atoms with Crippen LogP contribution in [-0.4, -0.2) is 21.7 Å². The van der Waals surface area contributed by atoms with Gasteiger partial charge in [0.05, 0.1) is 16.1 Å². The molecule has 94 valence electrons. The van der Waals surface area contributed by atoms with Gasteiger partial charge in [-0.2, -0.15) is 0 Å². The molecular formula is C12H6FN3O2S. The Morgan fingerprint density at radius 3 is 2.84 bits per heavy atom. The second kappa shape index (κ2) is 4.43. The second-order valence-electron chi connectivity index (χ2n) is 3.76. The van der Waals surface area contributed by atoms with Crippen molar-refractivity contribution in [1.82, 2.24) is 9.97 Å². The summed E-state index contributed by atoms with van der Waals surface area (Å²) in [7, 11) is 0. The molecule has 1 N–H and O–H groups in total. The minimum Gasteiger partial charge on any atom is -0.318 e. The highest BCUT2D eigenvalue weighted by Crippen LogP contribution is 2.34. The summed E-state index contributed by atoms with van der Waals surface area (Å²) in [4.78, 5) is 30.6. The molecule has 1 aliphatic heterocycles. The van der Waals surface area contributed by atoms with Gasteiger partial charge in [-0.1, -0.05) is 11.8 Å². The van der Waals surface area contributed by atoms with Gasteiger partial charge in [0.15, 0.2) is 0 Å². The zero-order valence-corrected chi connectivity index (χ0v) is 10.2. The standard InChI is InChI=1S/C12H6FN3O2S/c13-7-3-6-8(16-12(18)11(6)17)4-9(7)19-10-1-2-14-5-15-10/h1-5H,(H,16,17,18). The van der Waals surface area contributed by atoms with E-state index in [9.17, 15) is 14.0 Å². The molecule has 2 heterocycles. The third-order valence-corrected chi connectivity index (χ3v) is 3.52. The number of aromatic nitrogens is 2. The predicted octanol–water partition coefficient (Wildman–Crippen LogP) is 1.90. The van der Waals surface area contributed by atoms with E-state index in [1.807, 2.05) is 0 Å². The number of ketones is 1. The number of carbonyl (C=O) groups excluding carboxylic acids is 2. The zero-order chi connectivity index (χ0) is 13.4. The first kappa shape index (κ1) is 11.8. The highest BCUT2D eigenvalue weighted by molar-refractivity contribution is 7.99. The van der Waals surface area contributed by atoms with Crippen LogP contribution < -0.4 is 5.32 Å². The van der Waals surface area contributed by atoms with Crippen LogP contribution in [0.5, 0.6) is 0 Å². The number of rotatable bonds is 2. The van der Waals surface area contributed by atoms with Crippen molar-refractivity contribution in [2.75, 3.05) is 5.32 Å². The number of nitrogens with zero attached hydrogens (tertiary/aromatic N) is 2. The van der Waals surface area contributed by atoms with Crippen LogP contribution in [0.2, 0.25) is 0 Å². The molecule has 19 heavy (non-hydrogen) atoms. The lowest BCUT2D eigenvalue weighted by Gasteiger charge is -2.04. The fourth-order valence-electron chi connectivity index (χ4n) is 1.68.